The molecule has 2 heterocycles. The fraction of sp³-hybridized carbons (Fsp3) is 0.364. The lowest BCUT2D eigenvalue weighted by Crippen LogP contribution is -2.24. The van der Waals surface area contributed by atoms with Crippen molar-refractivity contribution < 1.29 is 0 Å². The van der Waals surface area contributed by atoms with Crippen molar-refractivity contribution in [1.82, 2.24) is 9.55 Å². The van der Waals surface area contributed by atoms with Gasteiger partial charge in [0.05, 0.1) is 5.39 Å². The molecule has 0 saturated heterocycles. The monoisotopic (exact) mass is 430 g/mol. The van der Waals surface area contributed by atoms with E-state index in [1.165, 1.54) is 28.8 Å². The van der Waals surface area contributed by atoms with Crippen LogP contribution in [0.4, 0.5) is 0 Å². The highest BCUT2D eigenvalue weighted by Crippen LogP contribution is 2.34. The first-order valence-corrected chi connectivity index (χ1v) is 11.9. The summed E-state index contributed by atoms with van der Waals surface area (Å²) >= 11 is 9.28. The van der Waals surface area contributed by atoms with Crippen LogP contribution in [0.5, 0.6) is 0 Å². The Kier molecular flexibility index (Phi) is 6.24. The zero-order chi connectivity index (χ0) is 19.5. The van der Waals surface area contributed by atoms with E-state index in [0.717, 1.165) is 39.7 Å². The third-order valence-electron chi connectivity index (χ3n) is 5.08. The van der Waals surface area contributed by atoms with Crippen LogP contribution in [-0.4, -0.2) is 15.3 Å². The van der Waals surface area contributed by atoms with Crippen molar-refractivity contribution in [3.63, 3.8) is 0 Å². The molecule has 1 aliphatic rings. The first kappa shape index (κ1) is 19.7. The number of thiophene rings is 1. The second-order valence-corrected chi connectivity index (χ2v) is 9.75. The van der Waals surface area contributed by atoms with Gasteiger partial charge in [0, 0.05) is 22.2 Å². The quantitative estimate of drug-likeness (QED) is 0.365. The summed E-state index contributed by atoms with van der Waals surface area (Å²) in [6.45, 7) is 2.51. The van der Waals surface area contributed by atoms with Gasteiger partial charge >= 0.3 is 0 Å². The third-order valence-corrected chi connectivity index (χ3v) is 7.33. The molecule has 1 aliphatic carbocycles. The van der Waals surface area contributed by atoms with E-state index in [4.69, 9.17) is 16.6 Å². The molecule has 0 unspecified atom stereocenters. The van der Waals surface area contributed by atoms with Crippen LogP contribution in [0, 0.1) is 0 Å². The fourth-order valence-electron chi connectivity index (χ4n) is 3.64. The summed E-state index contributed by atoms with van der Waals surface area (Å²) in [4.78, 5) is 20.7. The summed E-state index contributed by atoms with van der Waals surface area (Å²) < 4.78 is 1.87. The summed E-state index contributed by atoms with van der Waals surface area (Å²) in [7, 11) is 0. The van der Waals surface area contributed by atoms with Crippen LogP contribution in [0.3, 0.4) is 0 Å². The van der Waals surface area contributed by atoms with Crippen LogP contribution in [0.1, 0.15) is 35.8 Å². The lowest BCUT2D eigenvalue weighted by atomic mass is 9.97. The number of allylic oxidation sites excluding steroid dienone is 1. The molecule has 0 aliphatic heterocycles. The van der Waals surface area contributed by atoms with Crippen molar-refractivity contribution >= 4 is 44.9 Å². The molecule has 0 spiro atoms. The molecule has 0 amide bonds. The van der Waals surface area contributed by atoms with Crippen molar-refractivity contribution in [1.29, 1.82) is 0 Å². The van der Waals surface area contributed by atoms with Crippen LogP contribution in [-0.2, 0) is 25.8 Å². The number of rotatable bonds is 6. The molecule has 28 heavy (non-hydrogen) atoms. The molecule has 2 aromatic heterocycles. The Bertz CT molecular complexity index is 1070. The third kappa shape index (κ3) is 4.22. The van der Waals surface area contributed by atoms with Crippen molar-refractivity contribution in [3.8, 4) is 0 Å². The average molecular weight is 431 g/mol. The number of thioether (sulfide) groups is 1. The summed E-state index contributed by atoms with van der Waals surface area (Å²) in [6, 6.07) is 10.3. The number of aromatic nitrogens is 2. The fourth-order valence-corrected chi connectivity index (χ4v) is 6.09. The summed E-state index contributed by atoms with van der Waals surface area (Å²) in [5, 5.41) is 2.42. The number of benzene rings is 1. The summed E-state index contributed by atoms with van der Waals surface area (Å²) in [5.74, 6) is 0.712. The van der Waals surface area contributed by atoms with E-state index >= 15 is 0 Å². The van der Waals surface area contributed by atoms with Gasteiger partial charge in [-0.1, -0.05) is 59.8 Å². The Labute approximate surface area is 178 Å². The van der Waals surface area contributed by atoms with E-state index in [1.54, 1.807) is 23.1 Å². The van der Waals surface area contributed by atoms with E-state index in [2.05, 4.69) is 12.1 Å². The molecule has 3 nitrogen and oxygen atoms in total. The minimum Gasteiger partial charge on any atom is -0.287 e. The molecular formula is C22H23ClN2OS2. The minimum atomic E-state index is 0.120. The zero-order valence-electron chi connectivity index (χ0n) is 15.9. The molecule has 0 fully saturated rings. The van der Waals surface area contributed by atoms with E-state index in [1.807, 2.05) is 35.8 Å². The number of hydrogen-bond acceptors (Lipinski definition) is 4. The molecule has 146 valence electrons. The maximum Gasteiger partial charge on any atom is 0.263 e. The maximum absolute atomic E-state index is 13.5. The highest BCUT2D eigenvalue weighted by Gasteiger charge is 2.22. The minimum absolute atomic E-state index is 0.120. The molecule has 6 heteroatoms. The second-order valence-electron chi connectivity index (χ2n) is 7.08. The number of hydrogen-bond donors (Lipinski definition) is 0. The average Bonchev–Trinajstić information content (AvgIpc) is 3.06. The molecule has 0 N–H and O–H groups in total. The largest absolute Gasteiger partial charge is 0.287 e. The van der Waals surface area contributed by atoms with Crippen LogP contribution in [0.15, 0.2) is 51.4 Å². The predicted octanol–water partition coefficient (Wildman–Crippen LogP) is 5.81. The zero-order valence-corrected chi connectivity index (χ0v) is 18.3. The van der Waals surface area contributed by atoms with Crippen molar-refractivity contribution in [3.05, 3.63) is 67.8 Å². The van der Waals surface area contributed by atoms with E-state index in [9.17, 15) is 4.79 Å². The Balaban J connectivity index is 1.75. The molecular weight excluding hydrogens is 408 g/mol. The molecule has 0 radical (unpaired) electrons. The highest BCUT2D eigenvalue weighted by molar-refractivity contribution is 7.99. The standard InChI is InChI=1S/C22H23ClN2OS2/c1-15(23)12-14-27-22-24-20-19(17-9-5-6-10-18(17)28-20)21(26)25(22)13-11-16-7-3-2-4-8-16/h2-4,7-8,12H,5-6,9-11,13-14H2,1H3. The molecule has 0 saturated carbocycles. The highest BCUT2D eigenvalue weighted by atomic mass is 35.5. The van der Waals surface area contributed by atoms with Crippen molar-refractivity contribution in [2.75, 3.05) is 5.75 Å². The van der Waals surface area contributed by atoms with E-state index in [-0.39, 0.29) is 5.56 Å². The van der Waals surface area contributed by atoms with Gasteiger partial charge in [0.25, 0.3) is 5.56 Å². The van der Waals surface area contributed by atoms with Gasteiger partial charge in [-0.3, -0.25) is 9.36 Å². The normalized spacial score (nSPS) is 14.4. The van der Waals surface area contributed by atoms with Crippen LogP contribution in [0.25, 0.3) is 10.2 Å². The SMILES string of the molecule is CC(Cl)=CCSc1nc2sc3c(c2c(=O)n1CCc1ccccc1)CCCC3. The Morgan fingerprint density at radius 3 is 2.86 bits per heavy atom. The van der Waals surface area contributed by atoms with Gasteiger partial charge in [0.2, 0.25) is 0 Å². The van der Waals surface area contributed by atoms with Gasteiger partial charge in [0.1, 0.15) is 4.83 Å². The van der Waals surface area contributed by atoms with Gasteiger partial charge in [-0.15, -0.1) is 11.3 Å². The van der Waals surface area contributed by atoms with Crippen LogP contribution < -0.4 is 5.56 Å². The van der Waals surface area contributed by atoms with Gasteiger partial charge in [0.15, 0.2) is 5.16 Å². The van der Waals surface area contributed by atoms with Crippen molar-refractivity contribution in [2.45, 2.75) is 50.7 Å². The van der Waals surface area contributed by atoms with Gasteiger partial charge in [-0.05, 0) is 50.2 Å². The molecule has 0 atom stereocenters. The van der Waals surface area contributed by atoms with Gasteiger partial charge < -0.3 is 0 Å². The number of halogens is 1. The number of fused-ring (bicyclic) bond motifs is 3. The predicted molar refractivity (Wildman–Crippen MR) is 121 cm³/mol. The first-order chi connectivity index (χ1) is 13.6. The Hall–Kier alpha value is -1.56. The number of aryl methyl sites for hydroxylation is 3. The Morgan fingerprint density at radius 1 is 1.29 bits per heavy atom. The van der Waals surface area contributed by atoms with E-state index in [0.29, 0.717) is 12.3 Å². The molecule has 1 aromatic carbocycles. The van der Waals surface area contributed by atoms with E-state index < -0.39 is 0 Å². The Morgan fingerprint density at radius 2 is 2.07 bits per heavy atom. The summed E-state index contributed by atoms with van der Waals surface area (Å²) in [6.07, 6.45) is 7.24. The first-order valence-electron chi connectivity index (χ1n) is 9.67. The molecule has 3 aromatic rings. The molecule has 4 rings (SSSR count). The smallest absolute Gasteiger partial charge is 0.263 e. The van der Waals surface area contributed by atoms with Crippen LogP contribution in [0.2, 0.25) is 0 Å². The summed E-state index contributed by atoms with van der Waals surface area (Å²) in [5.41, 5.74) is 2.61. The van der Waals surface area contributed by atoms with Crippen LogP contribution >= 0.6 is 34.7 Å². The molecule has 0 bridgehead atoms. The second kappa shape index (κ2) is 8.85. The lowest BCUT2D eigenvalue weighted by molar-refractivity contribution is 0.595. The maximum atomic E-state index is 13.5. The lowest BCUT2D eigenvalue weighted by Gasteiger charge is -2.13. The number of nitrogens with zero attached hydrogens (tertiary/aromatic N) is 2. The van der Waals surface area contributed by atoms with Gasteiger partial charge in [-0.2, -0.15) is 0 Å². The topological polar surface area (TPSA) is 34.9 Å². The van der Waals surface area contributed by atoms with Gasteiger partial charge in [-0.25, -0.2) is 4.98 Å². The van der Waals surface area contributed by atoms with Crippen molar-refractivity contribution in [2.24, 2.45) is 0 Å².